The molecule has 2 aromatic rings. The van der Waals surface area contributed by atoms with Crippen molar-refractivity contribution >= 4 is 44.3 Å². The molecule has 0 aromatic heterocycles. The molecule has 2 N–H and O–H groups in total. The molecule has 0 bridgehead atoms. The van der Waals surface area contributed by atoms with Crippen LogP contribution in [0.3, 0.4) is 0 Å². The van der Waals surface area contributed by atoms with Crippen LogP contribution < -0.4 is 4.72 Å². The summed E-state index contributed by atoms with van der Waals surface area (Å²) in [5, 5.41) is 9.58. The second kappa shape index (κ2) is 7.52. The lowest BCUT2D eigenvalue weighted by Gasteiger charge is -2.12. The van der Waals surface area contributed by atoms with Crippen molar-refractivity contribution in [2.45, 2.75) is 11.8 Å². The molecule has 0 saturated carbocycles. The average Bonchev–Trinajstić information content (AvgIpc) is 2.52. The maximum absolute atomic E-state index is 13.4. The van der Waals surface area contributed by atoms with Gasteiger partial charge in [-0.15, -0.1) is 0 Å². The lowest BCUT2D eigenvalue weighted by molar-refractivity contribution is 0.0526. The zero-order valence-electron chi connectivity index (χ0n) is 12.7. The van der Waals surface area contributed by atoms with E-state index in [0.717, 1.165) is 0 Å². The molecular weight excluding hydrogens is 471 g/mol. The van der Waals surface area contributed by atoms with Gasteiger partial charge in [-0.3, -0.25) is 4.72 Å². The van der Waals surface area contributed by atoms with Crippen LogP contribution in [-0.4, -0.2) is 26.1 Å². The summed E-state index contributed by atoms with van der Waals surface area (Å²) in [6.07, 6.45) is 0. The number of carbonyl (C=O) groups is 1. The summed E-state index contributed by atoms with van der Waals surface area (Å²) in [5.74, 6) is -4.43. The molecule has 2 aromatic carbocycles. The molecule has 0 amide bonds. The number of ether oxygens (including phenoxy) is 1. The molecule has 6 nitrogen and oxygen atoms in total. The van der Waals surface area contributed by atoms with Crippen molar-refractivity contribution in [3.05, 3.63) is 51.1 Å². The molecule has 0 radical (unpaired) electrons. The van der Waals surface area contributed by atoms with Crippen molar-refractivity contribution in [1.29, 1.82) is 0 Å². The Labute approximate surface area is 156 Å². The highest BCUT2D eigenvalue weighted by Gasteiger charge is 2.24. The fraction of sp³-hybridized carbons (Fsp3) is 0.133. The number of halogens is 3. The van der Waals surface area contributed by atoms with E-state index in [1.54, 1.807) is 6.92 Å². The minimum Gasteiger partial charge on any atom is -0.504 e. The Kier molecular flexibility index (Phi) is 5.83. The second-order valence-electron chi connectivity index (χ2n) is 4.75. The molecule has 0 aliphatic heterocycles. The Morgan fingerprint density at radius 3 is 2.60 bits per heavy atom. The topological polar surface area (TPSA) is 92.7 Å². The van der Waals surface area contributed by atoms with Gasteiger partial charge in [0.2, 0.25) is 0 Å². The van der Waals surface area contributed by atoms with Crippen LogP contribution in [0.25, 0.3) is 0 Å². The molecule has 134 valence electrons. The average molecular weight is 483 g/mol. The monoisotopic (exact) mass is 483 g/mol. The summed E-state index contributed by atoms with van der Waals surface area (Å²) in [6.45, 7) is 1.76. The van der Waals surface area contributed by atoms with Gasteiger partial charge in [0.1, 0.15) is 10.7 Å². The number of sulfonamides is 1. The van der Waals surface area contributed by atoms with Gasteiger partial charge in [0.05, 0.1) is 17.9 Å². The highest BCUT2D eigenvalue weighted by molar-refractivity contribution is 14.1. The largest absolute Gasteiger partial charge is 0.504 e. The molecule has 0 atom stereocenters. The maximum Gasteiger partial charge on any atom is 0.338 e. The van der Waals surface area contributed by atoms with Gasteiger partial charge in [-0.05, 0) is 53.8 Å². The fourth-order valence-electron chi connectivity index (χ4n) is 1.89. The predicted octanol–water partition coefficient (Wildman–Crippen LogP) is 3.25. The SMILES string of the molecule is CCOC(=O)c1ccc(I)c(NS(=O)(=O)c2cc(F)cc(F)c2O)c1. The second-order valence-corrected chi connectivity index (χ2v) is 7.57. The number of benzene rings is 2. The summed E-state index contributed by atoms with van der Waals surface area (Å²) in [6, 6.07) is 4.99. The van der Waals surface area contributed by atoms with E-state index in [4.69, 9.17) is 4.74 Å². The molecule has 0 fully saturated rings. The quantitative estimate of drug-likeness (QED) is 0.504. The number of nitrogens with one attached hydrogen (secondary N) is 1. The lowest BCUT2D eigenvalue weighted by atomic mass is 10.2. The van der Waals surface area contributed by atoms with Crippen LogP contribution in [0.2, 0.25) is 0 Å². The number of esters is 1. The first kappa shape index (κ1) is 19.4. The molecule has 0 saturated heterocycles. The molecule has 0 heterocycles. The minimum absolute atomic E-state index is 0.00442. The van der Waals surface area contributed by atoms with Crippen molar-refractivity contribution in [3.63, 3.8) is 0 Å². The fourth-order valence-corrected chi connectivity index (χ4v) is 3.73. The third kappa shape index (κ3) is 4.37. The van der Waals surface area contributed by atoms with E-state index in [-0.39, 0.29) is 17.9 Å². The van der Waals surface area contributed by atoms with Crippen LogP contribution in [0.4, 0.5) is 14.5 Å². The van der Waals surface area contributed by atoms with Gasteiger partial charge in [0, 0.05) is 9.64 Å². The van der Waals surface area contributed by atoms with E-state index in [2.05, 4.69) is 4.72 Å². The molecular formula is C15H12F2INO5S. The lowest BCUT2D eigenvalue weighted by Crippen LogP contribution is -2.15. The molecule has 25 heavy (non-hydrogen) atoms. The third-order valence-corrected chi connectivity index (χ3v) is 5.32. The Hall–Kier alpha value is -1.95. The molecule has 2 rings (SSSR count). The van der Waals surface area contributed by atoms with Gasteiger partial charge in [0.25, 0.3) is 10.0 Å². The van der Waals surface area contributed by atoms with E-state index >= 15 is 0 Å². The Bertz CT molecular complexity index is 934. The van der Waals surface area contributed by atoms with Crippen molar-refractivity contribution in [2.75, 3.05) is 11.3 Å². The van der Waals surface area contributed by atoms with Crippen molar-refractivity contribution < 1.29 is 31.8 Å². The Morgan fingerprint density at radius 2 is 1.96 bits per heavy atom. The number of carbonyl (C=O) groups excluding carboxylic acids is 1. The first-order valence-corrected chi connectivity index (χ1v) is 9.39. The number of phenolic OH excluding ortho intramolecular Hbond substituents is 1. The summed E-state index contributed by atoms with van der Waals surface area (Å²) in [5.41, 5.74) is 0.0878. The van der Waals surface area contributed by atoms with E-state index in [0.29, 0.717) is 15.7 Å². The number of anilines is 1. The first-order valence-electron chi connectivity index (χ1n) is 6.83. The van der Waals surface area contributed by atoms with Gasteiger partial charge < -0.3 is 9.84 Å². The van der Waals surface area contributed by atoms with Crippen LogP contribution in [0.15, 0.2) is 35.2 Å². The van der Waals surface area contributed by atoms with Gasteiger partial charge in [-0.2, -0.15) is 0 Å². The standard InChI is InChI=1S/C15H12F2INO5S/c1-2-24-15(21)8-3-4-11(18)12(5-8)19-25(22,23)13-7-9(16)6-10(17)14(13)20/h3-7,19-20H,2H2,1H3. The van der Waals surface area contributed by atoms with Crippen LogP contribution in [-0.2, 0) is 14.8 Å². The summed E-state index contributed by atoms with van der Waals surface area (Å²) < 4.78 is 58.8. The Morgan fingerprint density at radius 1 is 1.28 bits per heavy atom. The van der Waals surface area contributed by atoms with Crippen LogP contribution in [0, 0.1) is 15.2 Å². The molecule has 0 aliphatic rings. The van der Waals surface area contributed by atoms with Crippen LogP contribution >= 0.6 is 22.6 Å². The number of phenols is 1. The molecule has 10 heteroatoms. The van der Waals surface area contributed by atoms with E-state index < -0.39 is 38.3 Å². The summed E-state index contributed by atoms with van der Waals surface area (Å²) in [7, 11) is -4.50. The number of hydrogen-bond acceptors (Lipinski definition) is 5. The van der Waals surface area contributed by atoms with Gasteiger partial charge in [-0.1, -0.05) is 0 Å². The minimum atomic E-state index is -4.50. The molecule has 0 aliphatic carbocycles. The summed E-state index contributed by atoms with van der Waals surface area (Å²) in [4.78, 5) is 10.8. The first-order chi connectivity index (χ1) is 11.7. The summed E-state index contributed by atoms with van der Waals surface area (Å²) >= 11 is 1.81. The molecule has 0 spiro atoms. The Balaban J connectivity index is 2.45. The number of rotatable bonds is 5. The van der Waals surface area contributed by atoms with E-state index in [9.17, 15) is 27.1 Å². The smallest absolute Gasteiger partial charge is 0.338 e. The van der Waals surface area contributed by atoms with Gasteiger partial charge in [-0.25, -0.2) is 22.0 Å². The number of hydrogen-bond donors (Lipinski definition) is 2. The highest BCUT2D eigenvalue weighted by Crippen LogP contribution is 2.30. The zero-order valence-corrected chi connectivity index (χ0v) is 15.7. The number of aromatic hydroxyl groups is 1. The van der Waals surface area contributed by atoms with Gasteiger partial charge in [0.15, 0.2) is 11.6 Å². The van der Waals surface area contributed by atoms with Crippen LogP contribution in [0.1, 0.15) is 17.3 Å². The molecule has 0 unspecified atom stereocenters. The van der Waals surface area contributed by atoms with E-state index in [1.807, 2.05) is 22.6 Å². The van der Waals surface area contributed by atoms with Crippen molar-refractivity contribution in [3.8, 4) is 5.75 Å². The van der Waals surface area contributed by atoms with Crippen molar-refractivity contribution in [2.24, 2.45) is 0 Å². The van der Waals surface area contributed by atoms with Crippen LogP contribution in [0.5, 0.6) is 5.75 Å². The normalized spacial score (nSPS) is 11.2. The third-order valence-electron chi connectivity index (χ3n) is 3.00. The van der Waals surface area contributed by atoms with Crippen molar-refractivity contribution in [1.82, 2.24) is 0 Å². The predicted molar refractivity (Wildman–Crippen MR) is 93.9 cm³/mol. The van der Waals surface area contributed by atoms with Gasteiger partial charge >= 0.3 is 5.97 Å². The zero-order chi connectivity index (χ0) is 18.8. The highest BCUT2D eigenvalue weighted by atomic mass is 127. The van der Waals surface area contributed by atoms with E-state index in [1.165, 1.54) is 18.2 Å². The maximum atomic E-state index is 13.4.